The summed E-state index contributed by atoms with van der Waals surface area (Å²) in [5.74, 6) is 1.80. The second-order valence-electron chi connectivity index (χ2n) is 6.13. The Kier molecular flexibility index (Phi) is 5.31. The molecule has 0 unspecified atom stereocenters. The number of nitrogens with zero attached hydrogens (tertiary/aromatic N) is 5. The molecule has 2 N–H and O–H groups in total. The van der Waals surface area contributed by atoms with Gasteiger partial charge in [-0.05, 0) is 36.4 Å². The summed E-state index contributed by atoms with van der Waals surface area (Å²) in [5, 5.41) is 1.47. The number of nitrogens with two attached hydrogens (primary N) is 1. The van der Waals surface area contributed by atoms with E-state index in [1.807, 2.05) is 48.7 Å². The van der Waals surface area contributed by atoms with E-state index in [0.717, 1.165) is 47.7 Å². The van der Waals surface area contributed by atoms with Crippen molar-refractivity contribution in [3.63, 3.8) is 0 Å². The Morgan fingerprint density at radius 2 is 1.63 bits per heavy atom. The van der Waals surface area contributed by atoms with Crippen molar-refractivity contribution >= 4 is 40.7 Å². The van der Waals surface area contributed by atoms with E-state index in [0.29, 0.717) is 10.7 Å². The number of nitrogen functional groups attached to an aromatic ring is 1. The van der Waals surface area contributed by atoms with Crippen LogP contribution in [-0.2, 0) is 0 Å². The fourth-order valence-electron chi connectivity index (χ4n) is 3.01. The molecule has 0 saturated carbocycles. The van der Waals surface area contributed by atoms with Crippen molar-refractivity contribution < 1.29 is 0 Å². The summed E-state index contributed by atoms with van der Waals surface area (Å²) in [6, 6.07) is 13.6. The Morgan fingerprint density at radius 1 is 0.889 bits per heavy atom. The fourth-order valence-corrected chi connectivity index (χ4v) is 3.93. The molecule has 1 saturated heterocycles. The second kappa shape index (κ2) is 8.02. The van der Waals surface area contributed by atoms with E-state index in [4.69, 9.17) is 17.3 Å². The SMILES string of the molecule is Nc1c(Sc2ccc(Cl)cc2)ncnc1N1CCN(c2ccccn2)CC1. The van der Waals surface area contributed by atoms with Crippen molar-refractivity contribution in [2.45, 2.75) is 9.92 Å². The van der Waals surface area contributed by atoms with Crippen LogP contribution in [0.1, 0.15) is 0 Å². The number of anilines is 3. The summed E-state index contributed by atoms with van der Waals surface area (Å²) in [7, 11) is 0. The minimum absolute atomic E-state index is 0.615. The first-order valence-electron chi connectivity index (χ1n) is 8.65. The number of aromatic nitrogens is 3. The first-order chi connectivity index (χ1) is 13.2. The quantitative estimate of drug-likeness (QED) is 0.673. The number of piperazine rings is 1. The van der Waals surface area contributed by atoms with Crippen LogP contribution in [0, 0.1) is 0 Å². The van der Waals surface area contributed by atoms with Crippen molar-refractivity contribution in [1.29, 1.82) is 0 Å². The molecule has 27 heavy (non-hydrogen) atoms. The van der Waals surface area contributed by atoms with Crippen LogP contribution in [0.25, 0.3) is 0 Å². The molecule has 2 aromatic heterocycles. The number of hydrogen-bond acceptors (Lipinski definition) is 7. The van der Waals surface area contributed by atoms with Crippen molar-refractivity contribution in [2.24, 2.45) is 0 Å². The van der Waals surface area contributed by atoms with E-state index < -0.39 is 0 Å². The van der Waals surface area contributed by atoms with Crippen LogP contribution in [0.5, 0.6) is 0 Å². The highest BCUT2D eigenvalue weighted by atomic mass is 35.5. The minimum atomic E-state index is 0.615. The van der Waals surface area contributed by atoms with Gasteiger partial charge in [0.1, 0.15) is 22.9 Å². The lowest BCUT2D eigenvalue weighted by molar-refractivity contribution is 0.641. The van der Waals surface area contributed by atoms with Gasteiger partial charge in [0.2, 0.25) is 0 Å². The van der Waals surface area contributed by atoms with Crippen LogP contribution < -0.4 is 15.5 Å². The summed E-state index contributed by atoms with van der Waals surface area (Å²) < 4.78 is 0. The monoisotopic (exact) mass is 398 g/mol. The summed E-state index contributed by atoms with van der Waals surface area (Å²) in [6.45, 7) is 3.42. The number of rotatable bonds is 4. The molecule has 3 aromatic rings. The molecule has 6 nitrogen and oxygen atoms in total. The van der Waals surface area contributed by atoms with E-state index in [-0.39, 0.29) is 0 Å². The lowest BCUT2D eigenvalue weighted by atomic mass is 10.3. The molecule has 0 radical (unpaired) electrons. The average molecular weight is 399 g/mol. The third-order valence-corrected chi connectivity index (χ3v) is 5.69. The maximum Gasteiger partial charge on any atom is 0.156 e. The predicted molar refractivity (Wildman–Crippen MR) is 111 cm³/mol. The molecule has 1 aromatic carbocycles. The van der Waals surface area contributed by atoms with E-state index in [9.17, 15) is 0 Å². The van der Waals surface area contributed by atoms with Gasteiger partial charge in [0.05, 0.1) is 0 Å². The Hall–Kier alpha value is -2.51. The van der Waals surface area contributed by atoms with Gasteiger partial charge in [-0.25, -0.2) is 15.0 Å². The highest BCUT2D eigenvalue weighted by Crippen LogP contribution is 2.35. The molecule has 138 valence electrons. The molecule has 0 bridgehead atoms. The molecule has 3 heterocycles. The molecule has 0 aliphatic carbocycles. The Bertz CT molecular complexity index is 898. The van der Waals surface area contributed by atoms with Crippen LogP contribution in [0.4, 0.5) is 17.3 Å². The van der Waals surface area contributed by atoms with Crippen molar-refractivity contribution in [3.05, 3.63) is 60.0 Å². The summed E-state index contributed by atoms with van der Waals surface area (Å²) >= 11 is 7.47. The van der Waals surface area contributed by atoms with Gasteiger partial charge in [-0.2, -0.15) is 0 Å². The third kappa shape index (κ3) is 4.09. The van der Waals surface area contributed by atoms with E-state index in [2.05, 4.69) is 24.8 Å². The van der Waals surface area contributed by atoms with Gasteiger partial charge in [-0.1, -0.05) is 29.4 Å². The molecule has 1 aliphatic rings. The van der Waals surface area contributed by atoms with E-state index in [1.165, 1.54) is 11.8 Å². The lowest BCUT2D eigenvalue weighted by Crippen LogP contribution is -2.47. The van der Waals surface area contributed by atoms with Crippen LogP contribution in [0.15, 0.2) is 64.9 Å². The summed E-state index contributed by atoms with van der Waals surface area (Å²) in [5.41, 5.74) is 7.01. The fraction of sp³-hybridized carbons (Fsp3) is 0.211. The molecular weight excluding hydrogens is 380 g/mol. The molecule has 0 atom stereocenters. The zero-order chi connectivity index (χ0) is 18.6. The van der Waals surface area contributed by atoms with Crippen LogP contribution in [0.2, 0.25) is 5.02 Å². The number of benzene rings is 1. The maximum atomic E-state index is 6.40. The zero-order valence-electron chi connectivity index (χ0n) is 14.6. The van der Waals surface area contributed by atoms with Crippen molar-refractivity contribution in [1.82, 2.24) is 15.0 Å². The lowest BCUT2D eigenvalue weighted by Gasteiger charge is -2.36. The maximum absolute atomic E-state index is 6.40. The van der Waals surface area contributed by atoms with Crippen molar-refractivity contribution in [3.8, 4) is 0 Å². The van der Waals surface area contributed by atoms with E-state index >= 15 is 0 Å². The highest BCUT2D eigenvalue weighted by Gasteiger charge is 2.22. The number of hydrogen-bond donors (Lipinski definition) is 1. The molecule has 0 amide bonds. The standard InChI is InChI=1S/C19H19ClN6S/c20-14-4-6-15(7-5-14)27-19-17(21)18(23-13-24-19)26-11-9-25(10-12-26)16-3-1-2-8-22-16/h1-8,13H,9-12,21H2. The predicted octanol–water partition coefficient (Wildman–Crippen LogP) is 3.59. The van der Waals surface area contributed by atoms with Gasteiger partial charge in [0.15, 0.2) is 5.82 Å². The summed E-state index contributed by atoms with van der Waals surface area (Å²) in [6.07, 6.45) is 3.40. The first-order valence-corrected chi connectivity index (χ1v) is 9.85. The van der Waals surface area contributed by atoms with Crippen LogP contribution in [-0.4, -0.2) is 41.1 Å². The largest absolute Gasteiger partial charge is 0.394 e. The van der Waals surface area contributed by atoms with E-state index in [1.54, 1.807) is 6.33 Å². The molecule has 4 rings (SSSR count). The minimum Gasteiger partial charge on any atom is -0.394 e. The molecular formula is C19H19ClN6S. The molecule has 8 heteroatoms. The molecule has 0 spiro atoms. The number of halogens is 1. The topological polar surface area (TPSA) is 71.2 Å². The number of pyridine rings is 1. The van der Waals surface area contributed by atoms with Gasteiger partial charge < -0.3 is 15.5 Å². The molecule has 1 fully saturated rings. The van der Waals surface area contributed by atoms with Gasteiger partial charge in [0, 0.05) is 42.3 Å². The van der Waals surface area contributed by atoms with Crippen LogP contribution >= 0.6 is 23.4 Å². The third-order valence-electron chi connectivity index (χ3n) is 4.41. The Balaban J connectivity index is 1.47. The van der Waals surface area contributed by atoms with Gasteiger partial charge in [0.25, 0.3) is 0 Å². The van der Waals surface area contributed by atoms with Gasteiger partial charge >= 0.3 is 0 Å². The van der Waals surface area contributed by atoms with Gasteiger partial charge in [-0.3, -0.25) is 0 Å². The Morgan fingerprint density at radius 3 is 2.33 bits per heavy atom. The highest BCUT2D eigenvalue weighted by molar-refractivity contribution is 7.99. The second-order valence-corrected chi connectivity index (χ2v) is 7.63. The summed E-state index contributed by atoms with van der Waals surface area (Å²) in [4.78, 5) is 18.8. The Labute approximate surface area is 167 Å². The zero-order valence-corrected chi connectivity index (χ0v) is 16.2. The average Bonchev–Trinajstić information content (AvgIpc) is 2.72. The van der Waals surface area contributed by atoms with Crippen LogP contribution in [0.3, 0.4) is 0 Å². The first kappa shape index (κ1) is 17.9. The molecule has 1 aliphatic heterocycles. The normalized spacial score (nSPS) is 14.4. The smallest absolute Gasteiger partial charge is 0.156 e. The van der Waals surface area contributed by atoms with Gasteiger partial charge in [-0.15, -0.1) is 0 Å². The van der Waals surface area contributed by atoms with Crippen molar-refractivity contribution in [2.75, 3.05) is 41.7 Å².